The van der Waals surface area contributed by atoms with Crippen LogP contribution in [0.3, 0.4) is 0 Å². The van der Waals surface area contributed by atoms with Crippen molar-refractivity contribution in [3.8, 4) is 11.5 Å². The first-order valence-electron chi connectivity index (χ1n) is 7.71. The summed E-state index contributed by atoms with van der Waals surface area (Å²) >= 11 is 3.45. The fourth-order valence-electron chi connectivity index (χ4n) is 2.65. The van der Waals surface area contributed by atoms with Crippen LogP contribution in [-0.4, -0.2) is 53.9 Å². The van der Waals surface area contributed by atoms with E-state index < -0.39 is 0 Å². The lowest BCUT2D eigenvalue weighted by atomic mass is 10.2. The number of halogens is 1. The Morgan fingerprint density at radius 2 is 2.04 bits per heavy atom. The largest absolute Gasteiger partial charge is 0.441 e. The van der Waals surface area contributed by atoms with Gasteiger partial charge in [-0.1, -0.05) is 22.0 Å². The van der Waals surface area contributed by atoms with Crippen LogP contribution in [0.5, 0.6) is 0 Å². The van der Waals surface area contributed by atoms with E-state index in [2.05, 4.69) is 32.9 Å². The molecular weight excluding hydrogens is 358 g/mol. The van der Waals surface area contributed by atoms with Gasteiger partial charge < -0.3 is 14.2 Å². The van der Waals surface area contributed by atoms with Crippen LogP contribution in [-0.2, 0) is 11.2 Å². The van der Waals surface area contributed by atoms with Crippen molar-refractivity contribution in [1.29, 1.82) is 0 Å². The van der Waals surface area contributed by atoms with Crippen molar-refractivity contribution in [2.75, 3.05) is 33.2 Å². The molecule has 0 spiro atoms. The number of aromatic nitrogens is 1. The number of aryl methyl sites for hydroxylation is 1. The number of carbonyl (C=O) groups excluding carboxylic acids is 1. The van der Waals surface area contributed by atoms with E-state index in [1.807, 2.05) is 36.1 Å². The summed E-state index contributed by atoms with van der Waals surface area (Å²) in [5.41, 5.74) is 1.63. The summed E-state index contributed by atoms with van der Waals surface area (Å²) in [6.45, 7) is 5.27. The molecule has 0 atom stereocenters. The Morgan fingerprint density at radius 1 is 1.30 bits per heavy atom. The lowest BCUT2D eigenvalue weighted by molar-refractivity contribution is -0.132. The molecule has 1 amide bonds. The molecule has 2 aromatic rings. The molecule has 0 N–H and O–H groups in total. The molecule has 1 saturated heterocycles. The Labute approximate surface area is 144 Å². The molecule has 1 aromatic carbocycles. The molecule has 0 bridgehead atoms. The highest BCUT2D eigenvalue weighted by molar-refractivity contribution is 9.10. The predicted molar refractivity (Wildman–Crippen MR) is 92.2 cm³/mol. The maximum absolute atomic E-state index is 12.4. The minimum atomic E-state index is 0.121. The number of nitrogens with zero attached hydrogens (tertiary/aromatic N) is 3. The molecule has 1 aliphatic rings. The van der Waals surface area contributed by atoms with Crippen molar-refractivity contribution in [2.45, 2.75) is 13.3 Å². The van der Waals surface area contributed by atoms with Gasteiger partial charge in [-0.2, -0.15) is 0 Å². The third kappa shape index (κ3) is 3.82. The Kier molecular flexibility index (Phi) is 4.82. The first-order chi connectivity index (χ1) is 11.0. The first kappa shape index (κ1) is 16.2. The second kappa shape index (κ2) is 6.84. The lowest BCUT2D eigenvalue weighted by Crippen LogP contribution is -2.47. The number of carbonyl (C=O) groups is 1. The fraction of sp³-hybridized carbons (Fsp3) is 0.412. The number of piperazine rings is 1. The van der Waals surface area contributed by atoms with Crippen molar-refractivity contribution in [3.63, 3.8) is 0 Å². The molecule has 3 rings (SSSR count). The summed E-state index contributed by atoms with van der Waals surface area (Å²) in [6.07, 6.45) is 0.299. The molecule has 1 fully saturated rings. The predicted octanol–water partition coefficient (Wildman–Crippen LogP) is 2.73. The fourth-order valence-corrected chi connectivity index (χ4v) is 3.05. The van der Waals surface area contributed by atoms with Gasteiger partial charge in [-0.05, 0) is 32.2 Å². The average Bonchev–Trinajstić information content (AvgIpc) is 2.89. The van der Waals surface area contributed by atoms with Gasteiger partial charge in [0.15, 0.2) is 0 Å². The smallest absolute Gasteiger partial charge is 0.228 e. The van der Waals surface area contributed by atoms with Crippen molar-refractivity contribution in [1.82, 2.24) is 14.8 Å². The molecule has 6 heteroatoms. The molecule has 0 unspecified atom stereocenters. The monoisotopic (exact) mass is 377 g/mol. The van der Waals surface area contributed by atoms with Crippen LogP contribution in [0.1, 0.15) is 11.5 Å². The number of oxazole rings is 1. The second-order valence-electron chi connectivity index (χ2n) is 5.89. The number of likely N-dealkylation sites (N-methyl/N-ethyl adjacent to an activating group) is 1. The summed E-state index contributed by atoms with van der Waals surface area (Å²) < 4.78 is 6.72. The summed E-state index contributed by atoms with van der Waals surface area (Å²) in [5.74, 6) is 1.39. The Morgan fingerprint density at radius 3 is 2.74 bits per heavy atom. The maximum Gasteiger partial charge on any atom is 0.228 e. The Hall–Kier alpha value is -1.66. The molecule has 2 heterocycles. The van der Waals surface area contributed by atoms with E-state index in [1.165, 1.54) is 0 Å². The number of benzene rings is 1. The van der Waals surface area contributed by atoms with Crippen LogP contribution in [0.2, 0.25) is 0 Å². The standard InChI is InChI=1S/C17H20BrN3O2/c1-12-15(11-16(22)21-8-6-20(2)7-9-21)19-17(23-12)13-4-3-5-14(18)10-13/h3-5,10H,6-9,11H2,1-2H3. The zero-order valence-corrected chi connectivity index (χ0v) is 15.0. The van der Waals surface area contributed by atoms with Crippen molar-refractivity contribution >= 4 is 21.8 Å². The van der Waals surface area contributed by atoms with Crippen molar-refractivity contribution < 1.29 is 9.21 Å². The maximum atomic E-state index is 12.4. The highest BCUT2D eigenvalue weighted by Crippen LogP contribution is 2.25. The number of amides is 1. The van der Waals surface area contributed by atoms with Crippen LogP contribution in [0.25, 0.3) is 11.5 Å². The summed E-state index contributed by atoms with van der Waals surface area (Å²) in [4.78, 5) is 21.1. The van der Waals surface area contributed by atoms with Gasteiger partial charge in [0.25, 0.3) is 0 Å². The van der Waals surface area contributed by atoms with Crippen LogP contribution in [0.15, 0.2) is 33.2 Å². The molecular formula is C17H20BrN3O2. The highest BCUT2D eigenvalue weighted by Gasteiger charge is 2.22. The Balaban J connectivity index is 1.72. The first-order valence-corrected chi connectivity index (χ1v) is 8.51. The van der Waals surface area contributed by atoms with Crippen LogP contribution >= 0.6 is 15.9 Å². The van der Waals surface area contributed by atoms with E-state index in [0.717, 1.165) is 41.9 Å². The molecule has 0 radical (unpaired) electrons. The summed E-state index contributed by atoms with van der Waals surface area (Å²) in [7, 11) is 2.08. The summed E-state index contributed by atoms with van der Waals surface area (Å²) in [5, 5.41) is 0. The zero-order chi connectivity index (χ0) is 16.4. The van der Waals surface area contributed by atoms with Gasteiger partial charge in [-0.15, -0.1) is 0 Å². The lowest BCUT2D eigenvalue weighted by Gasteiger charge is -2.32. The molecule has 23 heavy (non-hydrogen) atoms. The van der Waals surface area contributed by atoms with Gasteiger partial charge in [-0.3, -0.25) is 4.79 Å². The van der Waals surface area contributed by atoms with E-state index in [-0.39, 0.29) is 5.91 Å². The number of hydrogen-bond acceptors (Lipinski definition) is 4. The van der Waals surface area contributed by atoms with Gasteiger partial charge in [0.1, 0.15) is 5.76 Å². The Bertz CT molecular complexity index is 706. The van der Waals surface area contributed by atoms with Gasteiger partial charge in [0.2, 0.25) is 11.8 Å². The van der Waals surface area contributed by atoms with Crippen LogP contribution in [0, 0.1) is 6.92 Å². The third-order valence-corrected chi connectivity index (χ3v) is 4.63. The topological polar surface area (TPSA) is 49.6 Å². The molecule has 5 nitrogen and oxygen atoms in total. The number of hydrogen-bond donors (Lipinski definition) is 0. The highest BCUT2D eigenvalue weighted by atomic mass is 79.9. The normalized spacial score (nSPS) is 15.9. The molecule has 1 aromatic heterocycles. The van der Waals surface area contributed by atoms with Crippen LogP contribution in [0.4, 0.5) is 0 Å². The van der Waals surface area contributed by atoms with Gasteiger partial charge in [0, 0.05) is 36.2 Å². The molecule has 122 valence electrons. The SMILES string of the molecule is Cc1oc(-c2cccc(Br)c2)nc1CC(=O)N1CCN(C)CC1. The minimum Gasteiger partial charge on any atom is -0.441 e. The van der Waals surface area contributed by atoms with E-state index in [1.54, 1.807) is 0 Å². The molecule has 1 aliphatic heterocycles. The van der Waals surface area contributed by atoms with E-state index in [4.69, 9.17) is 4.42 Å². The van der Waals surface area contributed by atoms with Gasteiger partial charge >= 0.3 is 0 Å². The quantitative estimate of drug-likeness (QED) is 0.824. The minimum absolute atomic E-state index is 0.121. The zero-order valence-electron chi connectivity index (χ0n) is 13.4. The van der Waals surface area contributed by atoms with Gasteiger partial charge in [0.05, 0.1) is 12.1 Å². The molecule has 0 aliphatic carbocycles. The van der Waals surface area contributed by atoms with E-state index in [0.29, 0.717) is 18.1 Å². The number of rotatable bonds is 3. The van der Waals surface area contributed by atoms with Crippen molar-refractivity contribution in [3.05, 3.63) is 40.2 Å². The van der Waals surface area contributed by atoms with Gasteiger partial charge in [-0.25, -0.2) is 4.98 Å². The third-order valence-electron chi connectivity index (χ3n) is 4.14. The van der Waals surface area contributed by atoms with E-state index >= 15 is 0 Å². The second-order valence-corrected chi connectivity index (χ2v) is 6.81. The molecule has 0 saturated carbocycles. The average molecular weight is 378 g/mol. The van der Waals surface area contributed by atoms with Crippen LogP contribution < -0.4 is 0 Å². The van der Waals surface area contributed by atoms with E-state index in [9.17, 15) is 4.79 Å². The summed E-state index contributed by atoms with van der Waals surface area (Å²) in [6, 6.07) is 7.80. The van der Waals surface area contributed by atoms with Crippen molar-refractivity contribution in [2.24, 2.45) is 0 Å².